The molecule has 0 spiro atoms. The fraction of sp³-hybridized carbons (Fsp3) is 0.926. The SMILES string of the molecule is C=C[C@H]1CC[C@H]2[C@@H]3CC[C@H]4[C@@H](O[C@@H]5O[C@H](CO)[C@@H](O)[C@H](OS(=O)(=O)O)[C@H]5O)[C@@H](OS(=O)(=O)O)CC[C@]4(CO)[C@H]3CC[C@@]12C. The summed E-state index contributed by atoms with van der Waals surface area (Å²) in [6.45, 7) is 5.34. The molecule has 4 aliphatic carbocycles. The first kappa shape index (κ1) is 33.6. The van der Waals surface area contributed by atoms with E-state index in [1.807, 2.05) is 0 Å². The maximum atomic E-state index is 11.9. The fourth-order valence-electron chi connectivity index (χ4n) is 9.79. The molecule has 4 saturated carbocycles. The number of aliphatic hydroxyl groups is 4. The Kier molecular flexibility index (Phi) is 9.47. The molecule has 14 atom stereocenters. The zero-order chi connectivity index (χ0) is 31.5. The van der Waals surface area contributed by atoms with Gasteiger partial charge in [0.2, 0.25) is 0 Å². The summed E-state index contributed by atoms with van der Waals surface area (Å²) < 4.78 is 86.7. The van der Waals surface area contributed by atoms with Gasteiger partial charge in [-0.25, -0.2) is 8.37 Å². The molecule has 1 aliphatic heterocycles. The molecule has 0 bridgehead atoms. The van der Waals surface area contributed by atoms with Gasteiger partial charge in [0.25, 0.3) is 0 Å². The van der Waals surface area contributed by atoms with Crippen molar-refractivity contribution in [2.45, 2.75) is 101 Å². The van der Waals surface area contributed by atoms with Gasteiger partial charge in [-0.1, -0.05) is 13.0 Å². The average Bonchev–Trinajstić information content (AvgIpc) is 3.28. The molecule has 0 amide bonds. The zero-order valence-corrected chi connectivity index (χ0v) is 25.7. The molecule has 5 fully saturated rings. The van der Waals surface area contributed by atoms with Crippen LogP contribution in [-0.2, 0) is 38.6 Å². The monoisotopic (exact) mass is 656 g/mol. The predicted molar refractivity (Wildman–Crippen MR) is 148 cm³/mol. The number of hydrogen-bond donors (Lipinski definition) is 6. The van der Waals surface area contributed by atoms with E-state index in [9.17, 15) is 46.4 Å². The number of allylic oxidation sites excluding steroid dienone is 1. The highest BCUT2D eigenvalue weighted by Gasteiger charge is 2.64. The molecular weight excluding hydrogens is 612 g/mol. The van der Waals surface area contributed by atoms with Crippen molar-refractivity contribution in [1.29, 1.82) is 0 Å². The smallest absolute Gasteiger partial charge is 0.396 e. The van der Waals surface area contributed by atoms with Crippen LogP contribution in [0.5, 0.6) is 0 Å². The molecule has 0 aromatic heterocycles. The van der Waals surface area contributed by atoms with Crippen LogP contribution in [0.3, 0.4) is 0 Å². The van der Waals surface area contributed by atoms with Crippen LogP contribution in [0.1, 0.15) is 58.3 Å². The van der Waals surface area contributed by atoms with Crippen LogP contribution in [0.2, 0.25) is 0 Å². The Balaban J connectivity index is 1.47. The van der Waals surface area contributed by atoms with Crippen molar-refractivity contribution in [1.82, 2.24) is 0 Å². The summed E-state index contributed by atoms with van der Waals surface area (Å²) in [7, 11) is -10.1. The lowest BCUT2D eigenvalue weighted by Gasteiger charge is -2.63. The molecule has 14 nitrogen and oxygen atoms in total. The lowest BCUT2D eigenvalue weighted by Crippen LogP contribution is -2.65. The third-order valence-corrected chi connectivity index (χ3v) is 12.6. The van der Waals surface area contributed by atoms with E-state index in [1.165, 1.54) is 0 Å². The first-order valence-corrected chi connectivity index (χ1v) is 17.6. The van der Waals surface area contributed by atoms with Crippen molar-refractivity contribution >= 4 is 20.8 Å². The summed E-state index contributed by atoms with van der Waals surface area (Å²) in [5, 5.41) is 42.2. The Bertz CT molecular complexity index is 1240. The van der Waals surface area contributed by atoms with Crippen LogP contribution in [0, 0.1) is 40.4 Å². The van der Waals surface area contributed by atoms with Gasteiger partial charge >= 0.3 is 20.8 Å². The summed E-state index contributed by atoms with van der Waals surface area (Å²) in [6, 6.07) is 0. The van der Waals surface area contributed by atoms with E-state index < -0.39 is 81.7 Å². The molecule has 248 valence electrons. The number of hydrogen-bond acceptors (Lipinski definition) is 12. The molecule has 0 aromatic rings. The predicted octanol–water partition coefficient (Wildman–Crippen LogP) is 0.614. The molecule has 1 heterocycles. The van der Waals surface area contributed by atoms with Gasteiger partial charge in [0.05, 0.1) is 12.7 Å². The minimum absolute atomic E-state index is 0.0712. The molecule has 0 radical (unpaired) electrons. The highest BCUT2D eigenvalue weighted by atomic mass is 32.3. The van der Waals surface area contributed by atoms with E-state index >= 15 is 0 Å². The van der Waals surface area contributed by atoms with Crippen molar-refractivity contribution in [3.63, 3.8) is 0 Å². The lowest BCUT2D eigenvalue weighted by molar-refractivity contribution is -0.329. The normalized spacial score (nSPS) is 48.6. The quantitative estimate of drug-likeness (QED) is 0.148. The molecule has 43 heavy (non-hydrogen) atoms. The molecule has 1 saturated heterocycles. The lowest BCUT2D eigenvalue weighted by atomic mass is 9.44. The van der Waals surface area contributed by atoms with Crippen molar-refractivity contribution in [3.05, 3.63) is 12.7 Å². The maximum absolute atomic E-state index is 11.9. The van der Waals surface area contributed by atoms with Crippen LogP contribution < -0.4 is 0 Å². The minimum Gasteiger partial charge on any atom is -0.396 e. The summed E-state index contributed by atoms with van der Waals surface area (Å²) in [4.78, 5) is 0. The molecule has 0 aromatic carbocycles. The van der Waals surface area contributed by atoms with Gasteiger partial charge in [-0.3, -0.25) is 9.11 Å². The molecule has 5 aliphatic rings. The second kappa shape index (κ2) is 12.1. The van der Waals surface area contributed by atoms with Crippen LogP contribution in [0.4, 0.5) is 0 Å². The van der Waals surface area contributed by atoms with E-state index in [0.29, 0.717) is 30.6 Å². The third kappa shape index (κ3) is 6.07. The standard InChI is InChI=1S/C27H44O14S2/c1-3-14-4-6-16-15-5-7-18-23(39-25-22(31)24(41-43(35,36)37)21(30)20(12-28)38-25)19(40-42(32,33)34)9-11-27(18,13-29)17(15)8-10-26(14,16)2/h3,14-25,28-31H,1,4-13H2,2H3,(H,32,33,34)(H,35,36,37)/t14-,15-,16-,17-,18-,19-,20+,21+,22+,23+,24-,25-,26-,27-/m0/s1. The summed E-state index contributed by atoms with van der Waals surface area (Å²) in [6.07, 6.45) is -3.92. The number of fused-ring (bicyclic) bond motifs is 5. The van der Waals surface area contributed by atoms with E-state index in [-0.39, 0.29) is 24.4 Å². The Morgan fingerprint density at radius 3 is 2.14 bits per heavy atom. The van der Waals surface area contributed by atoms with Crippen LogP contribution in [-0.4, -0.2) is 102 Å². The Hall–Kier alpha value is -0.760. The van der Waals surface area contributed by atoms with Crippen LogP contribution in [0.25, 0.3) is 0 Å². The van der Waals surface area contributed by atoms with Crippen LogP contribution in [0.15, 0.2) is 12.7 Å². The zero-order valence-electron chi connectivity index (χ0n) is 24.0. The number of rotatable bonds is 9. The highest BCUT2D eigenvalue weighted by Crippen LogP contribution is 2.68. The Morgan fingerprint density at radius 1 is 0.860 bits per heavy atom. The number of aliphatic hydroxyl groups excluding tert-OH is 4. The second-order valence-corrected chi connectivity index (χ2v) is 15.4. The van der Waals surface area contributed by atoms with Crippen molar-refractivity contribution < 1.29 is 64.2 Å². The molecule has 0 unspecified atom stereocenters. The van der Waals surface area contributed by atoms with Gasteiger partial charge < -0.3 is 29.9 Å². The topological polar surface area (TPSA) is 227 Å². The average molecular weight is 657 g/mol. The number of ether oxygens (including phenoxy) is 2. The van der Waals surface area contributed by atoms with Gasteiger partial charge in [-0.05, 0) is 86.4 Å². The van der Waals surface area contributed by atoms with Gasteiger partial charge in [0, 0.05) is 12.0 Å². The van der Waals surface area contributed by atoms with Gasteiger partial charge in [-0.2, -0.15) is 16.8 Å². The third-order valence-electron chi connectivity index (χ3n) is 11.6. The first-order chi connectivity index (χ1) is 20.1. The summed E-state index contributed by atoms with van der Waals surface area (Å²) in [5.74, 6) is 0.712. The van der Waals surface area contributed by atoms with E-state index in [1.54, 1.807) is 0 Å². The van der Waals surface area contributed by atoms with Gasteiger partial charge in [0.15, 0.2) is 6.29 Å². The fourth-order valence-corrected chi connectivity index (χ4v) is 10.8. The highest BCUT2D eigenvalue weighted by molar-refractivity contribution is 7.81. The molecule has 5 rings (SSSR count). The maximum Gasteiger partial charge on any atom is 0.397 e. The van der Waals surface area contributed by atoms with Crippen molar-refractivity contribution in [3.8, 4) is 0 Å². The van der Waals surface area contributed by atoms with Crippen molar-refractivity contribution in [2.75, 3.05) is 13.2 Å². The first-order valence-electron chi connectivity index (χ1n) is 14.9. The van der Waals surface area contributed by atoms with Crippen molar-refractivity contribution in [2.24, 2.45) is 40.4 Å². The molecular formula is C27H44O14S2. The van der Waals surface area contributed by atoms with Gasteiger partial charge in [-0.15, -0.1) is 6.58 Å². The van der Waals surface area contributed by atoms with E-state index in [2.05, 4.69) is 23.8 Å². The largest absolute Gasteiger partial charge is 0.397 e. The van der Waals surface area contributed by atoms with E-state index in [4.69, 9.17) is 13.7 Å². The molecule has 6 N–H and O–H groups in total. The Labute approximate surface area is 252 Å². The molecule has 16 heteroatoms. The summed E-state index contributed by atoms with van der Waals surface area (Å²) >= 11 is 0. The Morgan fingerprint density at radius 2 is 1.53 bits per heavy atom. The summed E-state index contributed by atoms with van der Waals surface area (Å²) in [5.41, 5.74) is -0.601. The van der Waals surface area contributed by atoms with E-state index in [0.717, 1.165) is 32.1 Å². The second-order valence-electron chi connectivity index (χ2n) is 13.3. The minimum atomic E-state index is -5.17. The van der Waals surface area contributed by atoms with Gasteiger partial charge in [0.1, 0.15) is 30.5 Å². The van der Waals surface area contributed by atoms with Crippen LogP contribution >= 0.6 is 0 Å².